The van der Waals surface area contributed by atoms with E-state index < -0.39 is 17.7 Å². The van der Waals surface area contributed by atoms with Crippen molar-refractivity contribution in [2.24, 2.45) is 5.41 Å². The first-order valence-corrected chi connectivity index (χ1v) is 11.7. The smallest absolute Gasteiger partial charge is 0.407 e. The van der Waals surface area contributed by atoms with Crippen LogP contribution in [0.25, 0.3) is 11.1 Å². The Morgan fingerprint density at radius 3 is 2.55 bits per heavy atom. The van der Waals surface area contributed by atoms with Crippen molar-refractivity contribution in [3.8, 4) is 11.1 Å². The quantitative estimate of drug-likeness (QED) is 0.603. The van der Waals surface area contributed by atoms with Crippen molar-refractivity contribution >= 4 is 23.5 Å². The number of likely N-dealkylation sites (tertiary alicyclic amines) is 1. The zero-order chi connectivity index (χ0) is 22.1. The predicted molar refractivity (Wildman–Crippen MR) is 119 cm³/mol. The SMILES string of the molecule is CC(C)(C)C1CSc2cc(-c3c(F)cccc3F)cc3c2N1[C@H]1CCN(C(=O)O)C[C@@H]31. The summed E-state index contributed by atoms with van der Waals surface area (Å²) in [6.07, 6.45) is -0.155. The predicted octanol–water partition coefficient (Wildman–Crippen LogP) is 5.81. The molecule has 1 amide bonds. The van der Waals surface area contributed by atoms with E-state index in [1.807, 2.05) is 12.1 Å². The molecule has 2 aromatic carbocycles. The van der Waals surface area contributed by atoms with Gasteiger partial charge in [0, 0.05) is 41.7 Å². The second-order valence-electron chi connectivity index (χ2n) is 9.80. The van der Waals surface area contributed by atoms with Gasteiger partial charge in [-0.15, -0.1) is 11.8 Å². The fourth-order valence-electron chi connectivity index (χ4n) is 5.44. The van der Waals surface area contributed by atoms with E-state index in [1.54, 1.807) is 11.8 Å². The van der Waals surface area contributed by atoms with Crippen LogP contribution < -0.4 is 4.90 Å². The number of carboxylic acid groups (broad SMARTS) is 1. The number of hydrogen-bond acceptors (Lipinski definition) is 3. The first-order valence-electron chi connectivity index (χ1n) is 10.7. The Hall–Kier alpha value is -2.28. The van der Waals surface area contributed by atoms with Gasteiger partial charge in [0.05, 0.1) is 11.3 Å². The van der Waals surface area contributed by atoms with E-state index in [1.165, 1.54) is 23.1 Å². The standard InChI is InChI=1S/C24H26F2N2O2S/c1-24(2,3)20-12-31-19-10-13(21-16(25)5-4-6-17(21)26)9-14-15-11-27(23(29)30)8-7-18(15)28(20)22(14)19/h4-6,9-10,15,18,20H,7-8,11-12H2,1-3H3,(H,29,30)/t15-,18-,20?/m0/s1. The number of nitrogens with zero attached hydrogens (tertiary/aromatic N) is 2. The molecule has 0 aromatic heterocycles. The van der Waals surface area contributed by atoms with Crippen molar-refractivity contribution in [2.45, 2.75) is 50.1 Å². The lowest BCUT2D eigenvalue weighted by Crippen LogP contribution is -2.55. The van der Waals surface area contributed by atoms with Crippen LogP contribution in [0.2, 0.25) is 0 Å². The summed E-state index contributed by atoms with van der Waals surface area (Å²) in [5, 5.41) is 9.59. The first kappa shape index (κ1) is 20.6. The van der Waals surface area contributed by atoms with Crippen molar-refractivity contribution < 1.29 is 18.7 Å². The number of rotatable bonds is 1. The van der Waals surface area contributed by atoms with Gasteiger partial charge >= 0.3 is 6.09 Å². The van der Waals surface area contributed by atoms with Crippen molar-refractivity contribution in [3.05, 3.63) is 47.5 Å². The normalized spacial score (nSPS) is 24.7. The third kappa shape index (κ3) is 3.20. The maximum absolute atomic E-state index is 14.6. The molecule has 0 saturated carbocycles. The van der Waals surface area contributed by atoms with E-state index in [0.29, 0.717) is 24.7 Å². The van der Waals surface area contributed by atoms with Gasteiger partial charge in [-0.1, -0.05) is 26.8 Å². The van der Waals surface area contributed by atoms with Crippen molar-refractivity contribution in [1.29, 1.82) is 0 Å². The fraction of sp³-hybridized carbons (Fsp3) is 0.458. The number of benzene rings is 2. The minimum absolute atomic E-state index is 0.00284. The number of halogens is 2. The molecular formula is C24H26F2N2O2S. The molecular weight excluding hydrogens is 418 g/mol. The molecule has 1 N–H and O–H groups in total. The van der Waals surface area contributed by atoms with Gasteiger partial charge in [-0.2, -0.15) is 0 Å². The second kappa shape index (κ2) is 7.12. The molecule has 5 rings (SSSR count). The van der Waals surface area contributed by atoms with Gasteiger partial charge in [-0.05, 0) is 47.2 Å². The Labute approximate surface area is 185 Å². The van der Waals surface area contributed by atoms with Crippen LogP contribution in [0.1, 0.15) is 38.7 Å². The summed E-state index contributed by atoms with van der Waals surface area (Å²) in [6.45, 7) is 7.64. The molecule has 0 aliphatic carbocycles. The molecule has 3 heterocycles. The lowest BCUT2D eigenvalue weighted by atomic mass is 9.84. The summed E-state index contributed by atoms with van der Waals surface area (Å²) in [4.78, 5) is 16.7. The molecule has 4 nitrogen and oxygen atoms in total. The van der Waals surface area contributed by atoms with Gasteiger partial charge in [-0.25, -0.2) is 13.6 Å². The summed E-state index contributed by atoms with van der Waals surface area (Å²) in [5.41, 5.74) is 2.73. The number of fused-ring (bicyclic) bond motifs is 3. The van der Waals surface area contributed by atoms with Crippen LogP contribution in [0.5, 0.6) is 0 Å². The average molecular weight is 445 g/mol. The summed E-state index contributed by atoms with van der Waals surface area (Å²) < 4.78 is 29.2. The molecule has 0 bridgehead atoms. The number of anilines is 1. The van der Waals surface area contributed by atoms with E-state index in [-0.39, 0.29) is 22.9 Å². The highest BCUT2D eigenvalue weighted by Crippen LogP contribution is 2.56. The van der Waals surface area contributed by atoms with Crippen LogP contribution in [0.4, 0.5) is 19.3 Å². The van der Waals surface area contributed by atoms with Crippen LogP contribution >= 0.6 is 11.8 Å². The van der Waals surface area contributed by atoms with Crippen LogP contribution in [-0.4, -0.2) is 47.0 Å². The number of piperidine rings is 1. The van der Waals surface area contributed by atoms with E-state index in [9.17, 15) is 18.7 Å². The van der Waals surface area contributed by atoms with Gasteiger partial charge in [0.15, 0.2) is 0 Å². The summed E-state index contributed by atoms with van der Waals surface area (Å²) >= 11 is 1.74. The van der Waals surface area contributed by atoms with E-state index in [4.69, 9.17) is 0 Å². The van der Waals surface area contributed by atoms with Crippen LogP contribution in [0, 0.1) is 17.0 Å². The second-order valence-corrected chi connectivity index (χ2v) is 10.9. The van der Waals surface area contributed by atoms with E-state index in [2.05, 4.69) is 25.7 Å². The minimum atomic E-state index is -0.911. The summed E-state index contributed by atoms with van der Waals surface area (Å²) in [6, 6.07) is 8.25. The Bertz CT molecular complexity index is 1050. The Morgan fingerprint density at radius 2 is 1.90 bits per heavy atom. The lowest BCUT2D eigenvalue weighted by Gasteiger charge is -2.48. The van der Waals surface area contributed by atoms with Gasteiger partial charge in [0.25, 0.3) is 0 Å². The number of amides is 1. The summed E-state index contributed by atoms with van der Waals surface area (Å²) in [7, 11) is 0. The van der Waals surface area contributed by atoms with Gasteiger partial charge in [0.2, 0.25) is 0 Å². The molecule has 1 fully saturated rings. The van der Waals surface area contributed by atoms with Crippen LogP contribution in [-0.2, 0) is 0 Å². The highest BCUT2D eigenvalue weighted by Gasteiger charge is 2.50. The van der Waals surface area contributed by atoms with Gasteiger partial charge in [0.1, 0.15) is 11.6 Å². The molecule has 2 aromatic rings. The van der Waals surface area contributed by atoms with Gasteiger partial charge < -0.3 is 14.9 Å². The molecule has 1 unspecified atom stereocenters. The van der Waals surface area contributed by atoms with Crippen LogP contribution in [0.15, 0.2) is 35.2 Å². The van der Waals surface area contributed by atoms with Gasteiger partial charge in [-0.3, -0.25) is 0 Å². The highest BCUT2D eigenvalue weighted by atomic mass is 32.2. The third-order valence-electron chi connectivity index (χ3n) is 6.95. The molecule has 3 aliphatic heterocycles. The maximum Gasteiger partial charge on any atom is 0.407 e. The Balaban J connectivity index is 1.69. The number of hydrogen-bond donors (Lipinski definition) is 1. The number of carbonyl (C=O) groups is 1. The molecule has 31 heavy (non-hydrogen) atoms. The monoisotopic (exact) mass is 444 g/mol. The zero-order valence-corrected chi connectivity index (χ0v) is 18.7. The van der Waals surface area contributed by atoms with E-state index in [0.717, 1.165) is 28.3 Å². The van der Waals surface area contributed by atoms with Crippen molar-refractivity contribution in [2.75, 3.05) is 23.7 Å². The molecule has 0 radical (unpaired) electrons. The third-order valence-corrected chi connectivity index (χ3v) is 8.05. The Morgan fingerprint density at radius 1 is 1.19 bits per heavy atom. The zero-order valence-electron chi connectivity index (χ0n) is 17.9. The average Bonchev–Trinajstić information content (AvgIpc) is 3.02. The molecule has 1 saturated heterocycles. The molecule has 3 atom stereocenters. The summed E-state index contributed by atoms with van der Waals surface area (Å²) in [5.74, 6) is -0.271. The minimum Gasteiger partial charge on any atom is -0.465 e. The molecule has 0 spiro atoms. The van der Waals surface area contributed by atoms with E-state index >= 15 is 0 Å². The highest BCUT2D eigenvalue weighted by molar-refractivity contribution is 7.99. The Kier molecular flexibility index (Phi) is 4.73. The molecule has 7 heteroatoms. The lowest BCUT2D eigenvalue weighted by molar-refractivity contribution is 0.124. The topological polar surface area (TPSA) is 43.8 Å². The van der Waals surface area contributed by atoms with Crippen molar-refractivity contribution in [1.82, 2.24) is 4.90 Å². The largest absolute Gasteiger partial charge is 0.465 e. The molecule has 3 aliphatic rings. The molecule has 164 valence electrons. The first-order chi connectivity index (χ1) is 14.7. The fourth-order valence-corrected chi connectivity index (χ4v) is 7.01. The van der Waals surface area contributed by atoms with Crippen molar-refractivity contribution in [3.63, 3.8) is 0 Å². The number of thioether (sulfide) groups is 1. The van der Waals surface area contributed by atoms with Crippen LogP contribution in [0.3, 0.4) is 0 Å². The maximum atomic E-state index is 14.6.